The number of carbonyl (C=O) groups is 1. The summed E-state index contributed by atoms with van der Waals surface area (Å²) < 4.78 is 0. The maximum absolute atomic E-state index is 10.9. The van der Waals surface area contributed by atoms with Crippen LogP contribution in [0, 0.1) is 0 Å². The summed E-state index contributed by atoms with van der Waals surface area (Å²) in [4.78, 5) is 10.9. The number of rotatable bonds is 1. The summed E-state index contributed by atoms with van der Waals surface area (Å²) in [6.07, 6.45) is 0. The normalized spacial score (nSPS) is 10.4. The Morgan fingerprint density at radius 1 is 0.714 bits per heavy atom. The summed E-state index contributed by atoms with van der Waals surface area (Å²) in [5.41, 5.74) is -0.144. The molecule has 0 radical (unpaired) electrons. The van der Waals surface area contributed by atoms with Gasteiger partial charge < -0.3 is 0 Å². The zero-order chi connectivity index (χ0) is 11.0. The molecule has 0 saturated heterocycles. The molecule has 1 aromatic rings. The second kappa shape index (κ2) is 4.65. The van der Waals surface area contributed by atoms with Gasteiger partial charge in [0.15, 0.2) is 0 Å². The largest absolute Gasteiger partial charge is 0.275 e. The highest BCUT2D eigenvalue weighted by molar-refractivity contribution is 6.71. The van der Waals surface area contributed by atoms with Gasteiger partial charge in [-0.2, -0.15) is 0 Å². The molecule has 1 rings (SSSR count). The first-order valence-corrected chi connectivity index (χ1v) is 5.36. The first-order valence-electron chi connectivity index (χ1n) is 3.09. The van der Waals surface area contributed by atoms with E-state index in [1.165, 1.54) is 0 Å². The van der Waals surface area contributed by atoms with Crippen molar-refractivity contribution in [3.05, 3.63) is 30.7 Å². The summed E-state index contributed by atoms with van der Waals surface area (Å²) in [5.74, 6) is 0. The molecule has 0 aromatic heterocycles. The minimum Gasteiger partial charge on any atom is -0.275 e. The number of carbonyl (C=O) groups excluding carboxylic acids is 1. The lowest BCUT2D eigenvalue weighted by Gasteiger charge is -2.08. The van der Waals surface area contributed by atoms with Gasteiger partial charge in [0.05, 0.1) is 30.7 Å². The van der Waals surface area contributed by atoms with Gasteiger partial charge in [-0.25, -0.2) is 0 Å². The highest BCUT2D eigenvalue weighted by atomic mass is 35.5. The Morgan fingerprint density at radius 3 is 1.29 bits per heavy atom. The van der Waals surface area contributed by atoms with Crippen molar-refractivity contribution in [3.63, 3.8) is 0 Å². The van der Waals surface area contributed by atoms with E-state index in [0.717, 1.165) is 0 Å². The van der Waals surface area contributed by atoms with Crippen LogP contribution in [0.2, 0.25) is 25.1 Å². The zero-order valence-electron chi connectivity index (χ0n) is 6.18. The van der Waals surface area contributed by atoms with Crippen molar-refractivity contribution in [3.8, 4) is 0 Å². The third-order valence-electron chi connectivity index (χ3n) is 1.41. The monoisotopic (exact) mass is 310 g/mol. The molecule has 1 nitrogen and oxygen atoms in total. The van der Waals surface area contributed by atoms with Gasteiger partial charge >= 0.3 is 0 Å². The molecule has 76 valence electrons. The van der Waals surface area contributed by atoms with E-state index in [-0.39, 0.29) is 30.7 Å². The Balaban J connectivity index is 3.68. The van der Waals surface area contributed by atoms with Gasteiger partial charge in [-0.3, -0.25) is 4.79 Å². The number of benzene rings is 1. The van der Waals surface area contributed by atoms with Crippen LogP contribution in [0.5, 0.6) is 0 Å². The van der Waals surface area contributed by atoms with Crippen molar-refractivity contribution < 1.29 is 4.79 Å². The smallest absolute Gasteiger partial charge is 0.255 e. The Kier molecular flexibility index (Phi) is 4.22. The third-order valence-corrected chi connectivity index (χ3v) is 3.87. The summed E-state index contributed by atoms with van der Waals surface area (Å²) in [5, 5.41) is -1.17. The lowest BCUT2D eigenvalue weighted by atomic mass is 10.2. The Morgan fingerprint density at radius 2 is 1.00 bits per heavy atom. The third kappa shape index (κ3) is 2.08. The Bertz CT molecular complexity index is 384. The predicted octanol–water partition coefficient (Wildman–Crippen LogP) is 5.33. The lowest BCUT2D eigenvalue weighted by Crippen LogP contribution is -1.94. The van der Waals surface area contributed by atoms with E-state index < -0.39 is 5.24 Å². The summed E-state index contributed by atoms with van der Waals surface area (Å²) in [6, 6.07) is 0. The average Bonchev–Trinajstić information content (AvgIpc) is 2.11. The van der Waals surface area contributed by atoms with Gasteiger partial charge in [-0.15, -0.1) is 0 Å². The van der Waals surface area contributed by atoms with Crippen molar-refractivity contribution in [2.75, 3.05) is 0 Å². The van der Waals surface area contributed by atoms with Crippen LogP contribution < -0.4 is 0 Å². The Labute approximate surface area is 110 Å². The summed E-state index contributed by atoms with van der Waals surface area (Å²) in [7, 11) is 0. The zero-order valence-corrected chi connectivity index (χ0v) is 10.7. The molecule has 0 amide bonds. The van der Waals surface area contributed by atoms with E-state index in [1.807, 2.05) is 0 Å². The van der Waals surface area contributed by atoms with Crippen molar-refractivity contribution >= 4 is 74.8 Å². The fourth-order valence-corrected chi connectivity index (χ4v) is 2.37. The number of hydrogen-bond acceptors (Lipinski definition) is 1. The maximum atomic E-state index is 10.9. The van der Waals surface area contributed by atoms with Crippen LogP contribution in [-0.4, -0.2) is 5.24 Å². The number of halogens is 6. The molecule has 7 heteroatoms. The van der Waals surface area contributed by atoms with Crippen molar-refractivity contribution in [2.45, 2.75) is 0 Å². The Hall–Kier alpha value is 0.630. The molecule has 0 heterocycles. The highest BCUT2D eigenvalue weighted by Crippen LogP contribution is 2.44. The van der Waals surface area contributed by atoms with E-state index in [9.17, 15) is 4.79 Å². The predicted molar refractivity (Wildman–Crippen MR) is 61.7 cm³/mol. The van der Waals surface area contributed by atoms with Crippen molar-refractivity contribution in [2.24, 2.45) is 0 Å². The van der Waals surface area contributed by atoms with E-state index >= 15 is 0 Å². The second-order valence-corrected chi connectivity index (χ2v) is 4.45. The lowest BCUT2D eigenvalue weighted by molar-refractivity contribution is 0.108. The molecule has 0 saturated carbocycles. The molecule has 14 heavy (non-hydrogen) atoms. The molecule has 0 aliphatic heterocycles. The fourth-order valence-electron chi connectivity index (χ4n) is 0.777. The summed E-state index contributed by atoms with van der Waals surface area (Å²) in [6.45, 7) is 0. The van der Waals surface area contributed by atoms with Crippen LogP contribution >= 0.6 is 69.6 Å². The molecular weight excluding hydrogens is 313 g/mol. The molecule has 0 aliphatic rings. The van der Waals surface area contributed by atoms with E-state index in [2.05, 4.69) is 0 Å². The maximum Gasteiger partial charge on any atom is 0.255 e. The van der Waals surface area contributed by atoms with Gasteiger partial charge in [0.2, 0.25) is 0 Å². The minimum atomic E-state index is -0.847. The molecule has 0 aliphatic carbocycles. The topological polar surface area (TPSA) is 17.1 Å². The highest BCUT2D eigenvalue weighted by Gasteiger charge is 2.22. The van der Waals surface area contributed by atoms with Crippen LogP contribution in [0.25, 0.3) is 0 Å². The van der Waals surface area contributed by atoms with Crippen LogP contribution in [-0.2, 0) is 0 Å². The molecule has 0 atom stereocenters. The van der Waals surface area contributed by atoms with Gasteiger partial charge in [0.25, 0.3) is 5.24 Å². The molecule has 0 bridgehead atoms. The first kappa shape index (κ1) is 12.7. The van der Waals surface area contributed by atoms with E-state index in [1.54, 1.807) is 0 Å². The molecule has 0 unspecified atom stereocenters. The summed E-state index contributed by atoms with van der Waals surface area (Å²) >= 11 is 33.7. The van der Waals surface area contributed by atoms with Crippen LogP contribution in [0.3, 0.4) is 0 Å². The van der Waals surface area contributed by atoms with Gasteiger partial charge in [0, 0.05) is 0 Å². The molecule has 0 fully saturated rings. The first-order chi connectivity index (χ1) is 6.37. The fraction of sp³-hybridized carbons (Fsp3) is 0. The van der Waals surface area contributed by atoms with Gasteiger partial charge in [0.1, 0.15) is 0 Å². The molecule has 0 N–H and O–H groups in total. The van der Waals surface area contributed by atoms with E-state index in [0.29, 0.717) is 0 Å². The quantitative estimate of drug-likeness (QED) is 0.389. The SMILES string of the molecule is O=C(Cl)c1c(Cl)c(Cl)c(Cl)c(Cl)c1Cl. The van der Waals surface area contributed by atoms with Gasteiger partial charge in [-0.05, 0) is 11.6 Å². The molecular formula is C7Cl6O. The van der Waals surface area contributed by atoms with Crippen LogP contribution in [0.1, 0.15) is 10.4 Å². The molecule has 0 spiro atoms. The van der Waals surface area contributed by atoms with Gasteiger partial charge in [-0.1, -0.05) is 58.0 Å². The number of hydrogen-bond donors (Lipinski definition) is 0. The standard InChI is InChI=1S/C7Cl6O/c8-2-1(7(13)14)3(9)5(11)6(12)4(2)10. The molecule has 1 aromatic carbocycles. The van der Waals surface area contributed by atoms with Crippen molar-refractivity contribution in [1.82, 2.24) is 0 Å². The van der Waals surface area contributed by atoms with Crippen molar-refractivity contribution in [1.29, 1.82) is 0 Å². The minimum absolute atomic E-state index is 0.00926. The van der Waals surface area contributed by atoms with Crippen LogP contribution in [0.4, 0.5) is 0 Å². The average molecular weight is 313 g/mol. The second-order valence-electron chi connectivity index (χ2n) is 2.22. The van der Waals surface area contributed by atoms with E-state index in [4.69, 9.17) is 69.6 Å². The van der Waals surface area contributed by atoms with Crippen LogP contribution in [0.15, 0.2) is 0 Å².